The van der Waals surface area contributed by atoms with Gasteiger partial charge in [0.2, 0.25) is 0 Å². The molecule has 1 heterocycles. The molecule has 4 aliphatic carbocycles. The second kappa shape index (κ2) is 12.8. The summed E-state index contributed by atoms with van der Waals surface area (Å²) in [7, 11) is -4.61. The normalized spacial score (nSPS) is 50.0. The van der Waals surface area contributed by atoms with E-state index in [0.717, 1.165) is 19.3 Å². The monoisotopic (exact) mass is 664 g/mol. The number of aliphatic hydroxyl groups excluding tert-OH is 5. The van der Waals surface area contributed by atoms with Crippen molar-refractivity contribution in [3.8, 4) is 0 Å². The van der Waals surface area contributed by atoms with Crippen LogP contribution in [0.25, 0.3) is 0 Å². The van der Waals surface area contributed by atoms with Gasteiger partial charge in [-0.2, -0.15) is 8.42 Å². The first-order valence-electron chi connectivity index (χ1n) is 16.9. The number of aliphatic hydroxyl groups is 6. The molecule has 262 valence electrons. The van der Waals surface area contributed by atoms with E-state index in [2.05, 4.69) is 20.8 Å². The molecule has 7 N–H and O–H groups in total. The molecule has 0 aromatic heterocycles. The highest BCUT2D eigenvalue weighted by Gasteiger charge is 2.70. The van der Waals surface area contributed by atoms with Crippen LogP contribution >= 0.6 is 0 Å². The number of hydrogen-bond donors (Lipinski definition) is 7. The third-order valence-corrected chi connectivity index (χ3v) is 13.6. The molecule has 0 amide bonds. The Morgan fingerprint density at radius 2 is 1.56 bits per heavy atom. The van der Waals surface area contributed by atoms with E-state index in [0.29, 0.717) is 25.7 Å². The van der Waals surface area contributed by atoms with E-state index in [1.165, 1.54) is 0 Å². The van der Waals surface area contributed by atoms with Gasteiger partial charge in [-0.15, -0.1) is 0 Å². The van der Waals surface area contributed by atoms with Gasteiger partial charge in [-0.05, 0) is 91.8 Å². The van der Waals surface area contributed by atoms with Crippen molar-refractivity contribution in [1.29, 1.82) is 0 Å². The Hall–Kier alpha value is -0.450. The summed E-state index contributed by atoms with van der Waals surface area (Å²) in [4.78, 5) is 0. The summed E-state index contributed by atoms with van der Waals surface area (Å²) < 4.78 is 48.5. The highest BCUT2D eigenvalue weighted by atomic mass is 32.3. The van der Waals surface area contributed by atoms with Crippen molar-refractivity contribution in [2.45, 2.75) is 147 Å². The van der Waals surface area contributed by atoms with E-state index in [4.69, 9.17) is 13.7 Å². The highest BCUT2D eigenvalue weighted by Crippen LogP contribution is 2.70. The maximum atomic E-state index is 12.6. The standard InChI is InChI=1S/C32H56O12S/c1-16(2)24(43-29-27(37)26(36)23(35)15-42-29)7-6-17(3)19-13-21(33)28-31(19,5)11-9-25-30(4)10-8-18(44-45(39,40)41)12-20(30)22(34)14-32(25,28)38/h16-29,33-38H,6-15H2,1-5H3,(H,39,40,41)/t17-,18+,19-,20?,21?,22-,23?,24+,25?,26?,27?,28?,29?,30+,31-,32+/m1/s1. The molecule has 16 atom stereocenters. The molecule has 5 fully saturated rings. The average molecular weight is 665 g/mol. The van der Waals surface area contributed by atoms with Gasteiger partial charge in [0.25, 0.3) is 0 Å². The van der Waals surface area contributed by atoms with Gasteiger partial charge in [0, 0.05) is 12.3 Å². The van der Waals surface area contributed by atoms with Crippen LogP contribution in [-0.4, -0.2) is 105 Å². The van der Waals surface area contributed by atoms with E-state index in [1.807, 2.05) is 13.8 Å². The highest BCUT2D eigenvalue weighted by molar-refractivity contribution is 7.80. The molecule has 8 unspecified atom stereocenters. The van der Waals surface area contributed by atoms with Crippen LogP contribution < -0.4 is 0 Å². The van der Waals surface area contributed by atoms with Crippen LogP contribution in [0.2, 0.25) is 0 Å². The van der Waals surface area contributed by atoms with Crippen molar-refractivity contribution >= 4 is 10.4 Å². The minimum absolute atomic E-state index is 0.0982. The number of rotatable bonds is 9. The van der Waals surface area contributed by atoms with Gasteiger partial charge in [-0.1, -0.05) is 34.6 Å². The van der Waals surface area contributed by atoms with E-state index in [1.54, 1.807) is 0 Å². The fraction of sp³-hybridized carbons (Fsp3) is 1.00. The first-order valence-corrected chi connectivity index (χ1v) is 18.2. The van der Waals surface area contributed by atoms with Crippen LogP contribution in [0.3, 0.4) is 0 Å². The van der Waals surface area contributed by atoms with E-state index >= 15 is 0 Å². The number of hydrogen-bond acceptors (Lipinski definition) is 11. The van der Waals surface area contributed by atoms with Crippen molar-refractivity contribution in [2.75, 3.05) is 6.61 Å². The zero-order valence-electron chi connectivity index (χ0n) is 27.2. The van der Waals surface area contributed by atoms with Crippen LogP contribution in [-0.2, 0) is 24.1 Å². The third-order valence-electron chi connectivity index (χ3n) is 13.1. The molecular formula is C32H56O12S. The molecular weight excluding hydrogens is 608 g/mol. The van der Waals surface area contributed by atoms with Crippen LogP contribution in [0.15, 0.2) is 0 Å². The molecule has 1 aliphatic heterocycles. The Kier molecular flexibility index (Phi) is 10.2. The molecule has 0 aromatic rings. The van der Waals surface area contributed by atoms with Gasteiger partial charge in [-0.25, -0.2) is 4.18 Å². The van der Waals surface area contributed by atoms with Crippen molar-refractivity contribution in [3.63, 3.8) is 0 Å². The van der Waals surface area contributed by atoms with Crippen molar-refractivity contribution < 1.29 is 57.3 Å². The number of fused-ring (bicyclic) bond motifs is 5. The second-order valence-electron chi connectivity index (χ2n) is 16.0. The minimum atomic E-state index is -4.61. The molecule has 5 rings (SSSR count). The third kappa shape index (κ3) is 6.50. The Balaban J connectivity index is 1.29. The SMILES string of the molecule is CC(C)[C@H](CC[C@@H](C)[C@H]1CC(O)C2[C@]3(O)C[C@@H](O)C4C[C@@H](OS(=O)(=O)O)CC[C@]4(C)C3CC[C@@]21C)OC1OCC(O)C(O)C1O. The molecule has 0 bridgehead atoms. The fourth-order valence-electron chi connectivity index (χ4n) is 10.9. The predicted molar refractivity (Wildman–Crippen MR) is 162 cm³/mol. The molecule has 0 spiro atoms. The average Bonchev–Trinajstić information content (AvgIpc) is 3.21. The number of ether oxygens (including phenoxy) is 2. The minimum Gasteiger partial charge on any atom is -0.393 e. The molecule has 1 saturated heterocycles. The summed E-state index contributed by atoms with van der Waals surface area (Å²) in [6.45, 7) is 10.3. The lowest BCUT2D eigenvalue weighted by atomic mass is 9.42. The predicted octanol–water partition coefficient (Wildman–Crippen LogP) is 1.79. The van der Waals surface area contributed by atoms with Gasteiger partial charge < -0.3 is 40.1 Å². The Labute approximate surface area is 267 Å². The maximum Gasteiger partial charge on any atom is 0.397 e. The zero-order chi connectivity index (χ0) is 33.3. The Morgan fingerprint density at radius 3 is 2.20 bits per heavy atom. The second-order valence-corrected chi connectivity index (χ2v) is 17.1. The first kappa shape index (κ1) is 35.8. The summed E-state index contributed by atoms with van der Waals surface area (Å²) >= 11 is 0. The van der Waals surface area contributed by atoms with Crippen LogP contribution in [0.4, 0.5) is 0 Å². The van der Waals surface area contributed by atoms with Crippen LogP contribution in [0.5, 0.6) is 0 Å². The first-order chi connectivity index (χ1) is 20.8. The lowest BCUT2D eigenvalue weighted by Crippen LogP contribution is -2.68. The molecule has 45 heavy (non-hydrogen) atoms. The summed E-state index contributed by atoms with van der Waals surface area (Å²) in [6, 6.07) is 0. The molecule has 0 radical (unpaired) electrons. The summed E-state index contributed by atoms with van der Waals surface area (Å²) in [5.41, 5.74) is -2.13. The molecule has 5 aliphatic rings. The molecule has 12 nitrogen and oxygen atoms in total. The summed E-state index contributed by atoms with van der Waals surface area (Å²) in [6.07, 6.45) is -2.73. The van der Waals surface area contributed by atoms with Gasteiger partial charge in [0.1, 0.15) is 18.3 Å². The van der Waals surface area contributed by atoms with E-state index in [-0.39, 0.29) is 60.6 Å². The van der Waals surface area contributed by atoms with E-state index in [9.17, 15) is 43.6 Å². The molecule has 4 saturated carbocycles. The summed E-state index contributed by atoms with van der Waals surface area (Å²) in [5.74, 6) is -0.516. The Bertz CT molecular complexity index is 1150. The van der Waals surface area contributed by atoms with Crippen molar-refractivity contribution in [2.24, 2.45) is 46.3 Å². The Morgan fingerprint density at radius 1 is 0.889 bits per heavy atom. The quantitative estimate of drug-likeness (QED) is 0.176. The molecule has 0 aromatic carbocycles. The van der Waals surface area contributed by atoms with E-state index < -0.39 is 70.2 Å². The van der Waals surface area contributed by atoms with Crippen molar-refractivity contribution in [3.05, 3.63) is 0 Å². The lowest BCUT2D eigenvalue weighted by Gasteiger charge is -2.66. The maximum absolute atomic E-state index is 12.6. The smallest absolute Gasteiger partial charge is 0.393 e. The topological polar surface area (TPSA) is 203 Å². The van der Waals surface area contributed by atoms with Crippen LogP contribution in [0, 0.1) is 46.3 Å². The zero-order valence-corrected chi connectivity index (χ0v) is 28.1. The summed E-state index contributed by atoms with van der Waals surface area (Å²) in [5, 5.41) is 66.0. The fourth-order valence-corrected chi connectivity index (χ4v) is 11.4. The van der Waals surface area contributed by atoms with Gasteiger partial charge in [0.05, 0.1) is 36.6 Å². The largest absolute Gasteiger partial charge is 0.397 e. The van der Waals surface area contributed by atoms with Gasteiger partial charge >= 0.3 is 10.4 Å². The van der Waals surface area contributed by atoms with Gasteiger partial charge in [0.15, 0.2) is 6.29 Å². The van der Waals surface area contributed by atoms with Gasteiger partial charge in [-0.3, -0.25) is 4.55 Å². The molecule has 13 heteroatoms. The lowest BCUT2D eigenvalue weighted by molar-refractivity contribution is -0.287. The van der Waals surface area contributed by atoms with Crippen LogP contribution in [0.1, 0.15) is 92.4 Å². The van der Waals surface area contributed by atoms with Crippen molar-refractivity contribution in [1.82, 2.24) is 0 Å².